The number of rotatable bonds is 4. The predicted molar refractivity (Wildman–Crippen MR) is 98.7 cm³/mol. The topological polar surface area (TPSA) is 67.4 Å². The molecule has 1 saturated carbocycles. The van der Waals surface area contributed by atoms with Gasteiger partial charge in [0.1, 0.15) is 11.9 Å². The number of hydrogen-bond donors (Lipinski definition) is 2. The van der Waals surface area contributed by atoms with E-state index in [0.717, 1.165) is 24.0 Å². The quantitative estimate of drug-likeness (QED) is 0.891. The number of nitrogens with one attached hydrogen (secondary N) is 2. The highest BCUT2D eigenvalue weighted by Crippen LogP contribution is 2.44. The number of fused-ring (bicyclic) bond motifs is 1. The van der Waals surface area contributed by atoms with Gasteiger partial charge >= 0.3 is 0 Å². The van der Waals surface area contributed by atoms with Crippen LogP contribution in [0.25, 0.3) is 0 Å². The molecule has 0 spiro atoms. The first kappa shape index (κ1) is 16.6. The first-order chi connectivity index (χ1) is 12.6. The van der Waals surface area contributed by atoms with Crippen LogP contribution >= 0.6 is 0 Å². The van der Waals surface area contributed by atoms with Gasteiger partial charge in [-0.3, -0.25) is 9.59 Å². The van der Waals surface area contributed by atoms with Crippen LogP contribution in [-0.4, -0.2) is 31.0 Å². The van der Waals surface area contributed by atoms with Crippen LogP contribution in [0.3, 0.4) is 0 Å². The van der Waals surface area contributed by atoms with E-state index in [1.54, 1.807) is 13.1 Å². The van der Waals surface area contributed by atoms with E-state index in [2.05, 4.69) is 22.8 Å². The second-order valence-corrected chi connectivity index (χ2v) is 6.98. The lowest BCUT2D eigenvalue weighted by molar-refractivity contribution is 0.0951. The van der Waals surface area contributed by atoms with E-state index < -0.39 is 0 Å². The molecule has 2 atom stereocenters. The lowest BCUT2D eigenvalue weighted by Crippen LogP contribution is -2.26. The van der Waals surface area contributed by atoms with Crippen molar-refractivity contribution in [2.75, 3.05) is 7.05 Å². The zero-order valence-electron chi connectivity index (χ0n) is 14.9. The average Bonchev–Trinajstić information content (AvgIpc) is 3.40. The summed E-state index contributed by atoms with van der Waals surface area (Å²) < 4.78 is 6.06. The summed E-state index contributed by atoms with van der Waals surface area (Å²) in [7, 11) is 1.58. The predicted octanol–water partition coefficient (Wildman–Crippen LogP) is 2.85. The van der Waals surface area contributed by atoms with Gasteiger partial charge in [-0.15, -0.1) is 0 Å². The standard InChI is InChI=1S/C21H22N2O3/c1-12-18(13-6-4-3-5-7-13)16-10-14(20(24)23-15-8-9-15)11-17(19(16)26-12)21(25)22-2/h3-7,10-12,15,18H,8-9H2,1-2H3,(H,22,25)(H,23,24)/t12-,18-/m1/s1. The fourth-order valence-electron chi connectivity index (χ4n) is 3.56. The largest absolute Gasteiger partial charge is 0.489 e. The Morgan fingerprint density at radius 3 is 2.46 bits per heavy atom. The van der Waals surface area contributed by atoms with Crippen LogP contribution in [0, 0.1) is 0 Å². The van der Waals surface area contributed by atoms with Gasteiger partial charge in [0, 0.05) is 30.1 Å². The molecule has 0 saturated heterocycles. The molecule has 2 aromatic rings. The van der Waals surface area contributed by atoms with Crippen molar-refractivity contribution in [3.05, 3.63) is 64.7 Å². The summed E-state index contributed by atoms with van der Waals surface area (Å²) >= 11 is 0. The van der Waals surface area contributed by atoms with Crippen molar-refractivity contribution in [2.45, 2.75) is 37.8 Å². The first-order valence-corrected chi connectivity index (χ1v) is 9.01. The molecule has 1 fully saturated rings. The minimum absolute atomic E-state index is 0.0109. The molecule has 2 N–H and O–H groups in total. The summed E-state index contributed by atoms with van der Waals surface area (Å²) in [5, 5.41) is 5.65. The Morgan fingerprint density at radius 1 is 1.08 bits per heavy atom. The lowest BCUT2D eigenvalue weighted by Gasteiger charge is -2.15. The minimum Gasteiger partial charge on any atom is -0.489 e. The zero-order chi connectivity index (χ0) is 18.3. The van der Waals surface area contributed by atoms with E-state index in [9.17, 15) is 9.59 Å². The third kappa shape index (κ3) is 2.94. The molecule has 26 heavy (non-hydrogen) atoms. The number of amides is 2. The molecule has 4 rings (SSSR count). The zero-order valence-corrected chi connectivity index (χ0v) is 14.9. The molecule has 0 bridgehead atoms. The summed E-state index contributed by atoms with van der Waals surface area (Å²) in [5.41, 5.74) is 2.93. The van der Waals surface area contributed by atoms with E-state index >= 15 is 0 Å². The highest BCUT2D eigenvalue weighted by molar-refractivity contribution is 6.02. The van der Waals surface area contributed by atoms with E-state index in [0.29, 0.717) is 16.9 Å². The number of carbonyl (C=O) groups is 2. The summed E-state index contributed by atoms with van der Waals surface area (Å²) in [6.07, 6.45) is 1.93. The fraction of sp³-hybridized carbons (Fsp3) is 0.333. The van der Waals surface area contributed by atoms with Gasteiger partial charge in [0.25, 0.3) is 11.8 Å². The van der Waals surface area contributed by atoms with E-state index in [4.69, 9.17) is 4.74 Å². The number of ether oxygens (including phenoxy) is 1. The van der Waals surface area contributed by atoms with Gasteiger partial charge < -0.3 is 15.4 Å². The summed E-state index contributed by atoms with van der Waals surface area (Å²) in [4.78, 5) is 25.0. The van der Waals surface area contributed by atoms with Crippen LogP contribution < -0.4 is 15.4 Å². The van der Waals surface area contributed by atoms with Gasteiger partial charge in [0.05, 0.1) is 5.56 Å². The van der Waals surface area contributed by atoms with E-state index in [1.807, 2.05) is 31.2 Å². The Morgan fingerprint density at radius 2 is 1.81 bits per heavy atom. The van der Waals surface area contributed by atoms with Crippen LogP contribution in [-0.2, 0) is 0 Å². The molecule has 134 valence electrons. The second-order valence-electron chi connectivity index (χ2n) is 6.98. The van der Waals surface area contributed by atoms with E-state index in [1.165, 1.54) is 0 Å². The maximum absolute atomic E-state index is 12.6. The van der Waals surface area contributed by atoms with Crippen LogP contribution in [0.15, 0.2) is 42.5 Å². The summed E-state index contributed by atoms with van der Waals surface area (Å²) in [5.74, 6) is 0.187. The van der Waals surface area contributed by atoms with Gasteiger partial charge in [-0.25, -0.2) is 0 Å². The van der Waals surface area contributed by atoms with Crippen LogP contribution in [0.2, 0.25) is 0 Å². The van der Waals surface area contributed by atoms with Gasteiger partial charge in [0.15, 0.2) is 0 Å². The van der Waals surface area contributed by atoms with Crippen molar-refractivity contribution in [3.63, 3.8) is 0 Å². The molecule has 5 heteroatoms. The van der Waals surface area contributed by atoms with Crippen molar-refractivity contribution in [2.24, 2.45) is 0 Å². The van der Waals surface area contributed by atoms with Gasteiger partial charge in [-0.2, -0.15) is 0 Å². The molecule has 2 amide bonds. The number of hydrogen-bond acceptors (Lipinski definition) is 3. The highest BCUT2D eigenvalue weighted by atomic mass is 16.5. The van der Waals surface area contributed by atoms with Gasteiger partial charge in [-0.1, -0.05) is 30.3 Å². The Kier molecular flexibility index (Phi) is 4.15. The Bertz CT molecular complexity index is 859. The molecular weight excluding hydrogens is 328 g/mol. The average molecular weight is 350 g/mol. The molecule has 1 aliphatic carbocycles. The third-order valence-corrected chi connectivity index (χ3v) is 5.03. The summed E-state index contributed by atoms with van der Waals surface area (Å²) in [6, 6.07) is 13.8. The maximum Gasteiger partial charge on any atom is 0.254 e. The molecule has 5 nitrogen and oxygen atoms in total. The molecule has 1 heterocycles. The molecule has 0 aromatic heterocycles. The third-order valence-electron chi connectivity index (χ3n) is 5.03. The smallest absolute Gasteiger partial charge is 0.254 e. The Labute approximate surface area is 152 Å². The van der Waals surface area contributed by atoms with Gasteiger partial charge in [-0.05, 0) is 37.5 Å². The van der Waals surface area contributed by atoms with Crippen molar-refractivity contribution in [1.82, 2.24) is 10.6 Å². The van der Waals surface area contributed by atoms with Crippen LogP contribution in [0.5, 0.6) is 5.75 Å². The minimum atomic E-state index is -0.247. The second kappa shape index (κ2) is 6.48. The number of carbonyl (C=O) groups excluding carboxylic acids is 2. The van der Waals surface area contributed by atoms with E-state index in [-0.39, 0.29) is 29.9 Å². The van der Waals surface area contributed by atoms with Crippen molar-refractivity contribution in [3.8, 4) is 5.75 Å². The molecule has 2 aromatic carbocycles. The molecule has 0 radical (unpaired) electrons. The molecular formula is C21H22N2O3. The SMILES string of the molecule is CNC(=O)c1cc(C(=O)NC2CC2)cc2c1O[C@H](C)[C@@H]2c1ccccc1. The molecule has 0 unspecified atom stereocenters. The fourth-order valence-corrected chi connectivity index (χ4v) is 3.56. The molecule has 2 aliphatic rings. The first-order valence-electron chi connectivity index (χ1n) is 9.01. The highest BCUT2D eigenvalue weighted by Gasteiger charge is 2.36. The van der Waals surface area contributed by atoms with Crippen molar-refractivity contribution >= 4 is 11.8 Å². The maximum atomic E-state index is 12.6. The van der Waals surface area contributed by atoms with Crippen LogP contribution in [0.1, 0.15) is 57.5 Å². The van der Waals surface area contributed by atoms with Crippen LogP contribution in [0.4, 0.5) is 0 Å². The lowest BCUT2D eigenvalue weighted by atomic mass is 9.87. The monoisotopic (exact) mass is 350 g/mol. The number of benzene rings is 2. The van der Waals surface area contributed by atoms with Gasteiger partial charge in [0.2, 0.25) is 0 Å². The Balaban J connectivity index is 1.82. The molecule has 1 aliphatic heterocycles. The van der Waals surface area contributed by atoms with Crippen molar-refractivity contribution < 1.29 is 14.3 Å². The van der Waals surface area contributed by atoms with Crippen molar-refractivity contribution in [1.29, 1.82) is 0 Å². The Hall–Kier alpha value is -2.82. The normalized spacial score (nSPS) is 20.8. The summed E-state index contributed by atoms with van der Waals surface area (Å²) in [6.45, 7) is 2.00.